The van der Waals surface area contributed by atoms with E-state index in [0.29, 0.717) is 25.7 Å². The summed E-state index contributed by atoms with van der Waals surface area (Å²) in [5, 5.41) is 3.12. The fourth-order valence-electron chi connectivity index (χ4n) is 3.17. The van der Waals surface area contributed by atoms with Gasteiger partial charge in [0.25, 0.3) is 0 Å². The van der Waals surface area contributed by atoms with Crippen LogP contribution in [0.15, 0.2) is 29.3 Å². The summed E-state index contributed by atoms with van der Waals surface area (Å²) >= 11 is 0. The zero-order valence-electron chi connectivity index (χ0n) is 14.0. The topological polar surface area (TPSA) is 78.1 Å². The lowest BCUT2D eigenvalue weighted by Crippen LogP contribution is -2.39. The number of methoxy groups -OCH3 is 1. The molecule has 24 heavy (non-hydrogen) atoms. The van der Waals surface area contributed by atoms with Crippen molar-refractivity contribution >= 4 is 29.9 Å². The summed E-state index contributed by atoms with van der Waals surface area (Å²) in [7, 11) is 1.65. The summed E-state index contributed by atoms with van der Waals surface area (Å²) in [6, 6.07) is 7.79. The third-order valence-corrected chi connectivity index (χ3v) is 4.40. The molecule has 1 aromatic carbocycles. The predicted octanol–water partition coefficient (Wildman–Crippen LogP) is 2.40. The molecule has 2 aliphatic rings. The van der Waals surface area contributed by atoms with Crippen LogP contribution in [0.4, 0.5) is 0 Å². The van der Waals surface area contributed by atoms with Crippen molar-refractivity contribution in [2.24, 2.45) is 10.7 Å². The molecular formula is C17H26IN3O3. The number of benzene rings is 1. The minimum atomic E-state index is -0.324. The molecule has 1 saturated heterocycles. The second-order valence-electron chi connectivity index (χ2n) is 6.06. The molecule has 1 spiro atoms. The molecule has 1 heterocycles. The van der Waals surface area contributed by atoms with Gasteiger partial charge in [0.15, 0.2) is 11.7 Å². The van der Waals surface area contributed by atoms with Gasteiger partial charge in [-0.15, -0.1) is 24.0 Å². The van der Waals surface area contributed by atoms with Crippen LogP contribution in [-0.4, -0.2) is 38.1 Å². The molecular weight excluding hydrogens is 421 g/mol. The normalized spacial score (nSPS) is 22.4. The Bertz CT molecular complexity index is 562. The van der Waals surface area contributed by atoms with Crippen LogP contribution in [0.5, 0.6) is 5.75 Å². The maximum Gasteiger partial charge on any atom is 0.189 e. The highest BCUT2D eigenvalue weighted by atomic mass is 127. The number of hydrogen-bond donors (Lipinski definition) is 2. The summed E-state index contributed by atoms with van der Waals surface area (Å²) in [6.45, 7) is 1.71. The van der Waals surface area contributed by atoms with Gasteiger partial charge in [-0.2, -0.15) is 0 Å². The molecule has 1 atom stereocenters. The van der Waals surface area contributed by atoms with E-state index in [1.807, 2.05) is 24.3 Å². The Morgan fingerprint density at radius 3 is 2.88 bits per heavy atom. The Morgan fingerprint density at radius 2 is 2.12 bits per heavy atom. The number of nitrogens with zero attached hydrogens (tertiary/aromatic N) is 1. The Morgan fingerprint density at radius 1 is 1.38 bits per heavy atom. The van der Waals surface area contributed by atoms with E-state index in [1.54, 1.807) is 7.11 Å². The third-order valence-electron chi connectivity index (χ3n) is 4.40. The molecule has 1 aromatic rings. The molecule has 1 aliphatic heterocycles. The van der Waals surface area contributed by atoms with Crippen LogP contribution in [0.1, 0.15) is 31.2 Å². The minimum absolute atomic E-state index is 0. The Hall–Kier alpha value is -1.06. The van der Waals surface area contributed by atoms with E-state index in [1.165, 1.54) is 12.8 Å². The van der Waals surface area contributed by atoms with Crippen LogP contribution < -0.4 is 15.8 Å². The first kappa shape index (κ1) is 19.3. The zero-order valence-corrected chi connectivity index (χ0v) is 16.3. The SMILES string of the molecule is COc1ccccc1CN=C(N)NCC1COC2(CCCC2)O1.I. The van der Waals surface area contributed by atoms with Crippen LogP contribution in [0, 0.1) is 0 Å². The number of nitrogens with one attached hydrogen (secondary N) is 1. The molecule has 0 amide bonds. The van der Waals surface area contributed by atoms with Crippen molar-refractivity contribution in [2.75, 3.05) is 20.3 Å². The fraction of sp³-hybridized carbons (Fsp3) is 0.588. The summed E-state index contributed by atoms with van der Waals surface area (Å²) < 4.78 is 17.2. The van der Waals surface area contributed by atoms with Crippen LogP contribution >= 0.6 is 24.0 Å². The maximum absolute atomic E-state index is 6.04. The lowest BCUT2D eigenvalue weighted by molar-refractivity contribution is -0.160. The molecule has 0 radical (unpaired) electrons. The number of hydrogen-bond acceptors (Lipinski definition) is 4. The highest BCUT2D eigenvalue weighted by Crippen LogP contribution is 2.38. The summed E-state index contributed by atoms with van der Waals surface area (Å²) in [4.78, 5) is 4.36. The summed E-state index contributed by atoms with van der Waals surface area (Å²) in [5.41, 5.74) is 6.94. The zero-order chi connectivity index (χ0) is 16.1. The van der Waals surface area contributed by atoms with E-state index < -0.39 is 0 Å². The van der Waals surface area contributed by atoms with Gasteiger partial charge in [0.05, 0.1) is 20.3 Å². The summed E-state index contributed by atoms with van der Waals surface area (Å²) in [5.74, 6) is 0.905. The van der Waals surface area contributed by atoms with Crippen molar-refractivity contribution in [3.8, 4) is 5.75 Å². The number of para-hydroxylation sites is 1. The molecule has 0 aromatic heterocycles. The Kier molecular flexibility index (Phi) is 7.12. The molecule has 1 saturated carbocycles. The standard InChI is InChI=1S/C17H25N3O3.HI/c1-21-15-7-3-2-6-13(15)10-19-16(18)20-11-14-12-22-17(23-14)8-4-5-9-17;/h2-3,6-7,14H,4-5,8-12H2,1H3,(H3,18,19,20);1H. The number of halogens is 1. The van der Waals surface area contributed by atoms with E-state index in [0.717, 1.165) is 24.2 Å². The molecule has 6 nitrogen and oxygen atoms in total. The van der Waals surface area contributed by atoms with Crippen molar-refractivity contribution in [1.82, 2.24) is 5.32 Å². The monoisotopic (exact) mass is 447 g/mol. The lowest BCUT2D eigenvalue weighted by Gasteiger charge is -2.22. The molecule has 1 unspecified atom stereocenters. The van der Waals surface area contributed by atoms with Gasteiger partial charge < -0.3 is 25.3 Å². The number of nitrogens with two attached hydrogens (primary N) is 1. The van der Waals surface area contributed by atoms with Crippen molar-refractivity contribution in [3.63, 3.8) is 0 Å². The summed E-state index contributed by atoms with van der Waals surface area (Å²) in [6.07, 6.45) is 4.40. The van der Waals surface area contributed by atoms with E-state index >= 15 is 0 Å². The number of guanidine groups is 1. The van der Waals surface area contributed by atoms with Gasteiger partial charge in [0.1, 0.15) is 11.9 Å². The Labute approximate surface area is 160 Å². The van der Waals surface area contributed by atoms with Gasteiger partial charge >= 0.3 is 0 Å². The van der Waals surface area contributed by atoms with Crippen LogP contribution in [-0.2, 0) is 16.0 Å². The van der Waals surface area contributed by atoms with E-state index in [-0.39, 0.29) is 35.9 Å². The van der Waals surface area contributed by atoms with Gasteiger partial charge in [-0.3, -0.25) is 0 Å². The third kappa shape index (κ3) is 4.73. The molecule has 0 bridgehead atoms. The van der Waals surface area contributed by atoms with Crippen molar-refractivity contribution < 1.29 is 14.2 Å². The van der Waals surface area contributed by atoms with Crippen LogP contribution in [0.2, 0.25) is 0 Å². The predicted molar refractivity (Wildman–Crippen MR) is 104 cm³/mol. The number of aliphatic imine (C=N–C) groups is 1. The van der Waals surface area contributed by atoms with Crippen molar-refractivity contribution in [2.45, 2.75) is 44.1 Å². The smallest absolute Gasteiger partial charge is 0.189 e. The van der Waals surface area contributed by atoms with E-state index in [9.17, 15) is 0 Å². The molecule has 2 fully saturated rings. The largest absolute Gasteiger partial charge is 0.496 e. The highest BCUT2D eigenvalue weighted by Gasteiger charge is 2.43. The van der Waals surface area contributed by atoms with Crippen molar-refractivity contribution in [3.05, 3.63) is 29.8 Å². The van der Waals surface area contributed by atoms with Crippen LogP contribution in [0.3, 0.4) is 0 Å². The molecule has 134 valence electrons. The van der Waals surface area contributed by atoms with Gasteiger partial charge in [0.2, 0.25) is 0 Å². The maximum atomic E-state index is 6.04. The van der Waals surface area contributed by atoms with E-state index in [4.69, 9.17) is 19.9 Å². The van der Waals surface area contributed by atoms with Crippen molar-refractivity contribution in [1.29, 1.82) is 0 Å². The Balaban J connectivity index is 0.00000208. The second kappa shape index (κ2) is 8.87. The minimum Gasteiger partial charge on any atom is -0.496 e. The first-order valence-electron chi connectivity index (χ1n) is 8.18. The van der Waals surface area contributed by atoms with Gasteiger partial charge in [-0.25, -0.2) is 4.99 Å². The first-order valence-corrected chi connectivity index (χ1v) is 8.18. The molecule has 1 aliphatic carbocycles. The average Bonchev–Trinajstić information content (AvgIpc) is 3.21. The molecule has 3 rings (SSSR count). The fourth-order valence-corrected chi connectivity index (χ4v) is 3.17. The van der Waals surface area contributed by atoms with Gasteiger partial charge in [0, 0.05) is 24.9 Å². The quantitative estimate of drug-likeness (QED) is 0.412. The molecule has 3 N–H and O–H groups in total. The molecule has 7 heteroatoms. The van der Waals surface area contributed by atoms with E-state index in [2.05, 4.69) is 10.3 Å². The first-order chi connectivity index (χ1) is 11.2. The number of rotatable bonds is 5. The average molecular weight is 447 g/mol. The van der Waals surface area contributed by atoms with Crippen LogP contribution in [0.25, 0.3) is 0 Å². The van der Waals surface area contributed by atoms with Gasteiger partial charge in [-0.05, 0) is 18.9 Å². The lowest BCUT2D eigenvalue weighted by atomic mass is 10.2. The highest BCUT2D eigenvalue weighted by molar-refractivity contribution is 14.0. The second-order valence-corrected chi connectivity index (χ2v) is 6.06. The van der Waals surface area contributed by atoms with Gasteiger partial charge in [-0.1, -0.05) is 18.2 Å². The number of ether oxygens (including phenoxy) is 3.